The molecule has 1 saturated heterocycles. The Morgan fingerprint density at radius 1 is 1.20 bits per heavy atom. The fraction of sp³-hybridized carbons (Fsp3) is 0.875. The van der Waals surface area contributed by atoms with E-state index in [1.165, 1.54) is 12.8 Å². The maximum atomic E-state index is 13.0. The summed E-state index contributed by atoms with van der Waals surface area (Å²) in [6.45, 7) is 8.20. The Kier molecular flexibility index (Phi) is 5.04. The first kappa shape index (κ1) is 15.3. The molecule has 2 rings (SSSR count). The predicted octanol–water partition coefficient (Wildman–Crippen LogP) is 2.26. The van der Waals surface area contributed by atoms with Gasteiger partial charge in [-0.3, -0.25) is 9.69 Å². The highest BCUT2D eigenvalue weighted by molar-refractivity contribution is 5.83. The van der Waals surface area contributed by atoms with E-state index >= 15 is 0 Å². The highest BCUT2D eigenvalue weighted by Gasteiger charge is 2.44. The summed E-state index contributed by atoms with van der Waals surface area (Å²) >= 11 is 0. The molecular weight excluding hydrogens is 250 g/mol. The average Bonchev–Trinajstić information content (AvgIpc) is 2.88. The molecule has 20 heavy (non-hydrogen) atoms. The van der Waals surface area contributed by atoms with Crippen LogP contribution in [0.4, 0.5) is 0 Å². The van der Waals surface area contributed by atoms with Crippen LogP contribution in [0.25, 0.3) is 0 Å². The van der Waals surface area contributed by atoms with Crippen molar-refractivity contribution in [1.82, 2.24) is 9.80 Å². The quantitative estimate of drug-likeness (QED) is 0.741. The number of piperazine rings is 1. The summed E-state index contributed by atoms with van der Waals surface area (Å²) in [7, 11) is 0. The van der Waals surface area contributed by atoms with Crippen LogP contribution in [0.5, 0.6) is 0 Å². The third-order valence-electron chi connectivity index (χ3n) is 4.77. The first-order chi connectivity index (χ1) is 9.57. The van der Waals surface area contributed by atoms with Gasteiger partial charge in [0.25, 0.3) is 0 Å². The summed E-state index contributed by atoms with van der Waals surface area (Å²) in [5, 5.41) is 8.73. The Labute approximate surface area is 122 Å². The number of amides is 1. The van der Waals surface area contributed by atoms with Gasteiger partial charge in [-0.2, -0.15) is 5.26 Å². The van der Waals surface area contributed by atoms with Gasteiger partial charge in [-0.05, 0) is 25.2 Å². The molecule has 0 bridgehead atoms. The molecule has 0 atom stereocenters. The lowest BCUT2D eigenvalue weighted by atomic mass is 9.77. The van der Waals surface area contributed by atoms with Crippen molar-refractivity contribution in [3.05, 3.63) is 0 Å². The van der Waals surface area contributed by atoms with Crippen molar-refractivity contribution in [1.29, 1.82) is 5.26 Å². The number of carbonyl (C=O) groups excluding carboxylic acids is 1. The van der Waals surface area contributed by atoms with E-state index in [-0.39, 0.29) is 5.41 Å². The van der Waals surface area contributed by atoms with Gasteiger partial charge in [-0.15, -0.1) is 0 Å². The van der Waals surface area contributed by atoms with Gasteiger partial charge in [0.15, 0.2) is 0 Å². The molecule has 0 spiro atoms. The van der Waals surface area contributed by atoms with Crippen molar-refractivity contribution in [3.63, 3.8) is 0 Å². The van der Waals surface area contributed by atoms with Crippen LogP contribution < -0.4 is 0 Å². The molecule has 0 radical (unpaired) electrons. The van der Waals surface area contributed by atoms with Gasteiger partial charge in [0.1, 0.15) is 0 Å². The predicted molar refractivity (Wildman–Crippen MR) is 79.0 cm³/mol. The molecule has 4 nitrogen and oxygen atoms in total. The third-order valence-corrected chi connectivity index (χ3v) is 4.77. The summed E-state index contributed by atoms with van der Waals surface area (Å²) < 4.78 is 0. The highest BCUT2D eigenvalue weighted by Crippen LogP contribution is 2.44. The van der Waals surface area contributed by atoms with E-state index in [0.29, 0.717) is 18.4 Å². The van der Waals surface area contributed by atoms with Crippen molar-refractivity contribution >= 4 is 5.91 Å². The van der Waals surface area contributed by atoms with Crippen LogP contribution in [0.1, 0.15) is 46.0 Å². The maximum absolute atomic E-state index is 13.0. The second kappa shape index (κ2) is 6.58. The molecule has 0 aromatic rings. The second-order valence-electron chi connectivity index (χ2n) is 6.81. The monoisotopic (exact) mass is 277 g/mol. The van der Waals surface area contributed by atoms with Crippen LogP contribution in [0.2, 0.25) is 0 Å². The molecule has 0 N–H and O–H groups in total. The van der Waals surface area contributed by atoms with Gasteiger partial charge in [-0.1, -0.05) is 26.7 Å². The smallest absolute Gasteiger partial charge is 0.228 e. The summed E-state index contributed by atoms with van der Waals surface area (Å²) in [4.78, 5) is 17.2. The standard InChI is InChI=1S/C16H27N3O/c1-14(2)13-16(5-3-4-6-16)15(20)19-11-9-18(8-7-17)10-12-19/h14H,3-6,8-13H2,1-2H3. The van der Waals surface area contributed by atoms with E-state index in [9.17, 15) is 4.79 Å². The third kappa shape index (κ3) is 3.32. The number of carbonyl (C=O) groups is 1. The zero-order valence-corrected chi connectivity index (χ0v) is 12.9. The van der Waals surface area contributed by atoms with Crippen LogP contribution in [-0.4, -0.2) is 48.4 Å². The summed E-state index contributed by atoms with van der Waals surface area (Å²) in [6.07, 6.45) is 5.58. The van der Waals surface area contributed by atoms with Crippen LogP contribution in [0.15, 0.2) is 0 Å². The molecule has 2 fully saturated rings. The molecule has 0 unspecified atom stereocenters. The van der Waals surface area contributed by atoms with Crippen molar-refractivity contribution in [2.45, 2.75) is 46.0 Å². The van der Waals surface area contributed by atoms with Crippen molar-refractivity contribution in [2.75, 3.05) is 32.7 Å². The van der Waals surface area contributed by atoms with Gasteiger partial charge in [0.2, 0.25) is 5.91 Å². The van der Waals surface area contributed by atoms with Gasteiger partial charge in [-0.25, -0.2) is 0 Å². The van der Waals surface area contributed by atoms with Crippen LogP contribution in [0, 0.1) is 22.7 Å². The van der Waals surface area contributed by atoms with E-state index in [2.05, 4.69) is 29.7 Å². The Hall–Kier alpha value is -1.08. The lowest BCUT2D eigenvalue weighted by Gasteiger charge is -2.40. The van der Waals surface area contributed by atoms with E-state index in [4.69, 9.17) is 5.26 Å². The fourth-order valence-electron chi connectivity index (χ4n) is 3.88. The van der Waals surface area contributed by atoms with E-state index < -0.39 is 0 Å². The van der Waals surface area contributed by atoms with Gasteiger partial charge < -0.3 is 4.90 Å². The number of hydrogen-bond donors (Lipinski definition) is 0. The topological polar surface area (TPSA) is 47.3 Å². The minimum atomic E-state index is -0.0778. The zero-order valence-electron chi connectivity index (χ0n) is 12.9. The van der Waals surface area contributed by atoms with Crippen LogP contribution in [0.3, 0.4) is 0 Å². The van der Waals surface area contributed by atoms with Crippen molar-refractivity contribution < 1.29 is 4.79 Å². The van der Waals surface area contributed by atoms with E-state index in [0.717, 1.165) is 45.4 Å². The summed E-state index contributed by atoms with van der Waals surface area (Å²) in [6, 6.07) is 2.19. The van der Waals surface area contributed by atoms with Crippen LogP contribution >= 0.6 is 0 Å². The SMILES string of the molecule is CC(C)CC1(C(=O)N2CCN(CC#N)CC2)CCCC1. The first-order valence-electron chi connectivity index (χ1n) is 7.96. The number of nitriles is 1. The van der Waals surface area contributed by atoms with Gasteiger partial charge in [0, 0.05) is 31.6 Å². The average molecular weight is 277 g/mol. The number of hydrogen-bond acceptors (Lipinski definition) is 3. The lowest BCUT2D eigenvalue weighted by Crippen LogP contribution is -2.53. The molecule has 4 heteroatoms. The summed E-state index contributed by atoms with van der Waals surface area (Å²) in [5.41, 5.74) is -0.0778. The Balaban J connectivity index is 1.97. The molecule has 1 aliphatic carbocycles. The summed E-state index contributed by atoms with van der Waals surface area (Å²) in [5.74, 6) is 0.970. The minimum absolute atomic E-state index is 0.0778. The molecule has 0 aromatic carbocycles. The fourth-order valence-corrected chi connectivity index (χ4v) is 3.88. The molecule has 112 valence electrons. The Bertz CT molecular complexity index is 372. The molecule has 2 aliphatic rings. The first-order valence-corrected chi connectivity index (χ1v) is 7.96. The molecule has 1 aliphatic heterocycles. The van der Waals surface area contributed by atoms with Crippen LogP contribution in [-0.2, 0) is 4.79 Å². The van der Waals surface area contributed by atoms with E-state index in [1.807, 2.05) is 0 Å². The molecule has 1 amide bonds. The maximum Gasteiger partial charge on any atom is 0.228 e. The van der Waals surface area contributed by atoms with Crippen molar-refractivity contribution in [2.24, 2.45) is 11.3 Å². The minimum Gasteiger partial charge on any atom is -0.340 e. The Morgan fingerprint density at radius 2 is 1.80 bits per heavy atom. The number of nitrogens with zero attached hydrogens (tertiary/aromatic N) is 3. The second-order valence-corrected chi connectivity index (χ2v) is 6.81. The highest BCUT2D eigenvalue weighted by atomic mass is 16.2. The molecule has 1 heterocycles. The van der Waals surface area contributed by atoms with E-state index in [1.54, 1.807) is 0 Å². The normalized spacial score (nSPS) is 23.0. The molecule has 1 saturated carbocycles. The van der Waals surface area contributed by atoms with Crippen molar-refractivity contribution in [3.8, 4) is 6.07 Å². The lowest BCUT2D eigenvalue weighted by molar-refractivity contribution is -0.144. The van der Waals surface area contributed by atoms with Gasteiger partial charge in [0.05, 0.1) is 12.6 Å². The molecule has 0 aromatic heterocycles. The number of rotatable bonds is 4. The van der Waals surface area contributed by atoms with Gasteiger partial charge >= 0.3 is 0 Å². The molecular formula is C16H27N3O. The Morgan fingerprint density at radius 3 is 2.30 bits per heavy atom. The largest absolute Gasteiger partial charge is 0.340 e. The zero-order chi connectivity index (χ0) is 14.6.